The van der Waals surface area contributed by atoms with Crippen LogP contribution in [0, 0.1) is 5.82 Å². The van der Waals surface area contributed by atoms with Gasteiger partial charge in [-0.25, -0.2) is 4.39 Å². The van der Waals surface area contributed by atoms with Crippen LogP contribution in [0.3, 0.4) is 0 Å². The zero-order valence-corrected chi connectivity index (χ0v) is 18.6. The largest absolute Gasteiger partial charge is 0.489 e. The maximum Gasteiger partial charge on any atom is 0.254 e. The molecule has 0 amide bonds. The molecule has 0 saturated carbocycles. The van der Waals surface area contributed by atoms with Crippen LogP contribution in [0.2, 0.25) is 0 Å². The monoisotopic (exact) mass is 450 g/mol. The number of rotatable bonds is 9. The summed E-state index contributed by atoms with van der Waals surface area (Å²) >= 11 is 0. The van der Waals surface area contributed by atoms with Crippen LogP contribution >= 0.6 is 0 Å². The number of hydrogen-bond acceptors (Lipinski definition) is 5. The number of pyridine rings is 1. The van der Waals surface area contributed by atoms with E-state index in [4.69, 9.17) is 9.47 Å². The summed E-state index contributed by atoms with van der Waals surface area (Å²) in [7, 11) is 1.70. The fraction of sp³-hybridized carbons (Fsp3) is 0.308. The van der Waals surface area contributed by atoms with Crippen LogP contribution in [0.15, 0.2) is 65.6 Å². The summed E-state index contributed by atoms with van der Waals surface area (Å²) in [5, 5.41) is 0. The molecule has 1 aliphatic rings. The highest BCUT2D eigenvalue weighted by molar-refractivity contribution is 5.96. The van der Waals surface area contributed by atoms with E-state index >= 15 is 0 Å². The second-order valence-electron chi connectivity index (χ2n) is 8.17. The van der Waals surface area contributed by atoms with E-state index in [9.17, 15) is 14.0 Å². The SMILES string of the molecule is COCCN1CCc2ccc(C(=O)Cn3ccc(OCc4ccc(F)cc4)cc3=O)cc2C1. The van der Waals surface area contributed by atoms with Crippen LogP contribution in [0.1, 0.15) is 27.0 Å². The predicted octanol–water partition coefficient (Wildman–Crippen LogP) is 3.45. The number of nitrogens with zero attached hydrogens (tertiary/aromatic N) is 2. The molecule has 7 heteroatoms. The van der Waals surface area contributed by atoms with Gasteiger partial charge in [-0.2, -0.15) is 0 Å². The lowest BCUT2D eigenvalue weighted by molar-refractivity contribution is 0.0970. The van der Waals surface area contributed by atoms with Crippen molar-refractivity contribution in [3.05, 3.63) is 99.2 Å². The smallest absolute Gasteiger partial charge is 0.254 e. The van der Waals surface area contributed by atoms with E-state index in [1.54, 1.807) is 31.5 Å². The summed E-state index contributed by atoms with van der Waals surface area (Å²) < 4.78 is 25.2. The Morgan fingerprint density at radius 1 is 1.06 bits per heavy atom. The molecule has 0 atom stereocenters. The van der Waals surface area contributed by atoms with Crippen LogP contribution in [0.25, 0.3) is 0 Å². The molecule has 0 unspecified atom stereocenters. The van der Waals surface area contributed by atoms with Crippen molar-refractivity contribution in [2.75, 3.05) is 26.8 Å². The average Bonchev–Trinajstić information content (AvgIpc) is 2.83. The molecule has 3 aromatic rings. The van der Waals surface area contributed by atoms with Crippen molar-refractivity contribution in [2.24, 2.45) is 0 Å². The molecule has 2 aromatic carbocycles. The molecule has 6 nitrogen and oxygen atoms in total. The highest BCUT2D eigenvalue weighted by Crippen LogP contribution is 2.21. The zero-order valence-electron chi connectivity index (χ0n) is 18.6. The molecule has 1 aromatic heterocycles. The van der Waals surface area contributed by atoms with Gasteiger partial charge in [-0.1, -0.05) is 24.3 Å². The fourth-order valence-corrected chi connectivity index (χ4v) is 3.90. The van der Waals surface area contributed by atoms with Gasteiger partial charge in [-0.15, -0.1) is 0 Å². The summed E-state index contributed by atoms with van der Waals surface area (Å²) in [6.07, 6.45) is 2.51. The summed E-state index contributed by atoms with van der Waals surface area (Å²) in [5.74, 6) is -0.0276. The van der Waals surface area contributed by atoms with E-state index in [0.717, 1.165) is 37.2 Å². The van der Waals surface area contributed by atoms with E-state index in [-0.39, 0.29) is 30.3 Å². The van der Waals surface area contributed by atoms with Gasteiger partial charge in [0.2, 0.25) is 0 Å². The molecule has 4 rings (SSSR count). The van der Waals surface area contributed by atoms with E-state index in [0.29, 0.717) is 17.9 Å². The number of hydrogen-bond donors (Lipinski definition) is 0. The Hall–Kier alpha value is -3.29. The first-order chi connectivity index (χ1) is 16.0. The maximum absolute atomic E-state index is 13.0. The van der Waals surface area contributed by atoms with Crippen LogP contribution in [-0.2, 0) is 30.9 Å². The van der Waals surface area contributed by atoms with Gasteiger partial charge in [0.15, 0.2) is 5.78 Å². The number of ether oxygens (including phenoxy) is 2. The number of Topliss-reactive ketones (excluding diaryl/α,β-unsaturated/α-hetero) is 1. The lowest BCUT2D eigenvalue weighted by Gasteiger charge is -2.28. The third-order valence-electron chi connectivity index (χ3n) is 5.83. The van der Waals surface area contributed by atoms with Crippen molar-refractivity contribution in [1.82, 2.24) is 9.47 Å². The van der Waals surface area contributed by atoms with Crippen molar-refractivity contribution < 1.29 is 18.7 Å². The van der Waals surface area contributed by atoms with E-state index in [1.165, 1.54) is 28.3 Å². The Kier molecular flexibility index (Phi) is 7.32. The van der Waals surface area contributed by atoms with Crippen molar-refractivity contribution in [3.8, 4) is 5.75 Å². The third kappa shape index (κ3) is 5.94. The van der Waals surface area contributed by atoms with E-state index in [1.807, 2.05) is 18.2 Å². The number of aromatic nitrogens is 1. The number of carbonyl (C=O) groups excluding carboxylic acids is 1. The normalized spacial score (nSPS) is 13.5. The maximum atomic E-state index is 13.0. The molecule has 2 heterocycles. The number of halogens is 1. The molecule has 172 valence electrons. The molecule has 0 aliphatic carbocycles. The Labute approximate surface area is 192 Å². The van der Waals surface area contributed by atoms with E-state index < -0.39 is 0 Å². The molecule has 0 bridgehead atoms. The summed E-state index contributed by atoms with van der Waals surface area (Å²) in [6.45, 7) is 3.50. The standard InChI is InChI=1S/C26H27FN2O4/c1-32-13-12-28-10-8-20-4-5-21(14-22(20)16-28)25(30)17-29-11-9-24(15-26(29)31)33-18-19-2-6-23(27)7-3-19/h2-7,9,11,14-15H,8,10,12-13,16-18H2,1H3. The Bertz CT molecular complexity index is 1170. The molecule has 1 aliphatic heterocycles. The van der Waals surface area contributed by atoms with Crippen molar-refractivity contribution in [1.29, 1.82) is 0 Å². The third-order valence-corrected chi connectivity index (χ3v) is 5.83. The second-order valence-corrected chi connectivity index (χ2v) is 8.17. The van der Waals surface area contributed by atoms with Gasteiger partial charge < -0.3 is 14.0 Å². The van der Waals surface area contributed by atoms with Gasteiger partial charge >= 0.3 is 0 Å². The number of fused-ring (bicyclic) bond motifs is 1. The second kappa shape index (κ2) is 10.6. The number of benzene rings is 2. The predicted molar refractivity (Wildman–Crippen MR) is 123 cm³/mol. The minimum atomic E-state index is -0.316. The van der Waals surface area contributed by atoms with Gasteiger partial charge in [0, 0.05) is 44.6 Å². The summed E-state index contributed by atoms with van der Waals surface area (Å²) in [6, 6.07) is 14.8. The van der Waals surface area contributed by atoms with Crippen LogP contribution < -0.4 is 10.3 Å². The first-order valence-electron chi connectivity index (χ1n) is 11.0. The average molecular weight is 451 g/mol. The van der Waals surface area contributed by atoms with Gasteiger partial charge in [0.25, 0.3) is 5.56 Å². The lowest BCUT2D eigenvalue weighted by Crippen LogP contribution is -2.33. The van der Waals surface area contributed by atoms with E-state index in [2.05, 4.69) is 4.90 Å². The molecule has 0 fully saturated rings. The number of carbonyl (C=O) groups is 1. The van der Waals surface area contributed by atoms with Crippen molar-refractivity contribution >= 4 is 5.78 Å². The molecular weight excluding hydrogens is 423 g/mol. The highest BCUT2D eigenvalue weighted by Gasteiger charge is 2.18. The minimum Gasteiger partial charge on any atom is -0.489 e. The van der Waals surface area contributed by atoms with Gasteiger partial charge in [0.05, 0.1) is 13.2 Å². The molecule has 0 N–H and O–H groups in total. The fourth-order valence-electron chi connectivity index (χ4n) is 3.90. The molecule has 0 saturated heterocycles. The van der Waals surface area contributed by atoms with Crippen molar-refractivity contribution in [2.45, 2.75) is 26.1 Å². The molecule has 0 radical (unpaired) electrons. The molecule has 0 spiro atoms. The van der Waals surface area contributed by atoms with Crippen LogP contribution in [0.5, 0.6) is 5.75 Å². The highest BCUT2D eigenvalue weighted by atomic mass is 19.1. The Morgan fingerprint density at radius 2 is 1.88 bits per heavy atom. The van der Waals surface area contributed by atoms with Gasteiger partial charge in [-0.3, -0.25) is 14.5 Å². The van der Waals surface area contributed by atoms with Gasteiger partial charge in [-0.05, 0) is 47.4 Å². The quantitative estimate of drug-likeness (QED) is 0.468. The summed E-state index contributed by atoms with van der Waals surface area (Å²) in [4.78, 5) is 27.7. The summed E-state index contributed by atoms with van der Waals surface area (Å²) in [5.41, 5.74) is 3.50. The van der Waals surface area contributed by atoms with Crippen LogP contribution in [-0.4, -0.2) is 42.1 Å². The lowest BCUT2D eigenvalue weighted by atomic mass is 9.96. The first kappa shape index (κ1) is 22.9. The molecular formula is C26H27FN2O4. The van der Waals surface area contributed by atoms with Gasteiger partial charge in [0.1, 0.15) is 18.2 Å². The van der Waals surface area contributed by atoms with Crippen molar-refractivity contribution in [3.63, 3.8) is 0 Å². The Balaban J connectivity index is 1.39. The number of methoxy groups -OCH3 is 1. The molecule has 33 heavy (non-hydrogen) atoms. The number of ketones is 1. The first-order valence-corrected chi connectivity index (χ1v) is 11.0. The topological polar surface area (TPSA) is 60.8 Å². The Morgan fingerprint density at radius 3 is 2.64 bits per heavy atom. The minimum absolute atomic E-state index is 0.0384. The zero-order chi connectivity index (χ0) is 23.2. The van der Waals surface area contributed by atoms with Crippen LogP contribution in [0.4, 0.5) is 4.39 Å².